The molecule has 3 saturated heterocycles. The summed E-state index contributed by atoms with van der Waals surface area (Å²) >= 11 is 5.90. The van der Waals surface area contributed by atoms with Crippen LogP contribution in [0.2, 0.25) is 5.02 Å². The lowest BCUT2D eigenvalue weighted by Crippen LogP contribution is -2.35. The number of esters is 1. The highest BCUT2D eigenvalue weighted by atomic mass is 35.5. The summed E-state index contributed by atoms with van der Waals surface area (Å²) in [6, 6.07) is 16.5. The number of benzene rings is 2. The largest absolute Gasteiger partial charge is 0.473 e. The first-order valence-corrected chi connectivity index (χ1v) is 19.0. The van der Waals surface area contributed by atoms with Crippen molar-refractivity contribution in [2.24, 2.45) is 0 Å². The van der Waals surface area contributed by atoms with Gasteiger partial charge in [-0.2, -0.15) is 5.10 Å². The van der Waals surface area contributed by atoms with Crippen molar-refractivity contribution in [3.63, 3.8) is 0 Å². The van der Waals surface area contributed by atoms with Gasteiger partial charge in [-0.3, -0.25) is 4.90 Å². The first-order chi connectivity index (χ1) is 25.9. The Balaban J connectivity index is 0.985. The smallest absolute Gasteiger partial charge is 0.341 e. The Morgan fingerprint density at radius 2 is 1.87 bits per heavy atom. The number of halogens is 2. The number of aromatic nitrogens is 5. The zero-order valence-corrected chi connectivity index (χ0v) is 30.6. The highest BCUT2D eigenvalue weighted by Gasteiger charge is 2.28. The van der Waals surface area contributed by atoms with Crippen LogP contribution in [0.15, 0.2) is 60.8 Å². The third-order valence-electron chi connectivity index (χ3n) is 10.5. The zero-order valence-electron chi connectivity index (χ0n) is 29.9. The number of carbonyl (C=O) groups is 1. The van der Waals surface area contributed by atoms with Gasteiger partial charge in [0.15, 0.2) is 0 Å². The van der Waals surface area contributed by atoms with Gasteiger partial charge in [-0.05, 0) is 88.9 Å². The summed E-state index contributed by atoms with van der Waals surface area (Å²) in [5, 5.41) is 5.23. The summed E-state index contributed by atoms with van der Waals surface area (Å²) in [6.45, 7) is 6.85. The number of ether oxygens (including phenoxy) is 4. The molecule has 2 unspecified atom stereocenters. The number of carbonyl (C=O) groups excluding carboxylic acids is 1. The molecule has 13 heteroatoms. The monoisotopic (exact) mass is 742 g/mol. The minimum Gasteiger partial charge on any atom is -0.473 e. The number of likely N-dealkylation sites (tertiary alicyclic amines) is 1. The molecular formula is C40H44ClFN6O5. The number of hydrogen-bond acceptors (Lipinski definition) is 9. The second kappa shape index (κ2) is 15.9. The molecule has 278 valence electrons. The Bertz CT molecular complexity index is 2070. The zero-order chi connectivity index (χ0) is 36.3. The van der Waals surface area contributed by atoms with Crippen molar-refractivity contribution in [3.8, 4) is 17.1 Å². The van der Waals surface area contributed by atoms with E-state index < -0.39 is 11.8 Å². The molecule has 53 heavy (non-hydrogen) atoms. The lowest BCUT2D eigenvalue weighted by atomic mass is 9.93. The van der Waals surface area contributed by atoms with Gasteiger partial charge in [-0.1, -0.05) is 29.8 Å². The third kappa shape index (κ3) is 7.96. The van der Waals surface area contributed by atoms with E-state index in [1.807, 2.05) is 30.3 Å². The van der Waals surface area contributed by atoms with Crippen molar-refractivity contribution >= 4 is 28.6 Å². The second-order valence-electron chi connectivity index (χ2n) is 14.0. The van der Waals surface area contributed by atoms with Gasteiger partial charge in [0, 0.05) is 53.2 Å². The SMILES string of the molecule is CCOC(=O)c1cn(C2CCCCO2)nc1-c1ccc2c(c1)nc(CN1CCC(c3cccc(OCc4ccc(Cl)cc4F)n3)CC1)n2CC1CCO1. The maximum atomic E-state index is 14.3. The standard InChI is InChI=1S/C40H44ClFN6O5/c1-2-50-40(49)31-23-48(38-8-3-4-18-52-38)45-39(31)27-10-12-35-34(20-27)43-36(47(35)22-30-15-19-51-30)24-46-16-13-26(14-17-46)33-6-5-7-37(44-33)53-25-28-9-11-29(41)21-32(28)42/h5-7,9-12,20-21,23,26,30,38H,2-4,8,13-19,22,24-25H2,1H3. The van der Waals surface area contributed by atoms with Crippen LogP contribution in [0.5, 0.6) is 5.88 Å². The lowest BCUT2D eigenvalue weighted by molar-refractivity contribution is -0.0592. The van der Waals surface area contributed by atoms with E-state index in [9.17, 15) is 9.18 Å². The molecule has 0 aliphatic carbocycles. The maximum Gasteiger partial charge on any atom is 0.341 e. The van der Waals surface area contributed by atoms with Crippen molar-refractivity contribution in [1.82, 2.24) is 29.2 Å². The summed E-state index contributed by atoms with van der Waals surface area (Å²) in [4.78, 5) is 25.5. The summed E-state index contributed by atoms with van der Waals surface area (Å²) < 4.78 is 41.5. The van der Waals surface area contributed by atoms with Gasteiger partial charge in [0.1, 0.15) is 35.7 Å². The molecule has 8 rings (SSSR count). The van der Waals surface area contributed by atoms with Crippen LogP contribution >= 0.6 is 11.6 Å². The highest BCUT2D eigenvalue weighted by molar-refractivity contribution is 6.30. The van der Waals surface area contributed by atoms with E-state index >= 15 is 0 Å². The fraction of sp³-hybridized carbons (Fsp3) is 0.450. The van der Waals surface area contributed by atoms with Crippen LogP contribution in [0, 0.1) is 5.82 Å². The molecule has 11 nitrogen and oxygen atoms in total. The summed E-state index contributed by atoms with van der Waals surface area (Å²) in [5.74, 6) is 0.966. The second-order valence-corrected chi connectivity index (χ2v) is 14.4. The number of fused-ring (bicyclic) bond motifs is 1. The maximum absolute atomic E-state index is 14.3. The van der Waals surface area contributed by atoms with Gasteiger partial charge in [0.2, 0.25) is 5.88 Å². The summed E-state index contributed by atoms with van der Waals surface area (Å²) in [5.41, 5.74) is 5.10. The molecule has 0 radical (unpaired) electrons. The highest BCUT2D eigenvalue weighted by Crippen LogP contribution is 2.33. The molecule has 0 spiro atoms. The summed E-state index contributed by atoms with van der Waals surface area (Å²) in [7, 11) is 0. The molecule has 3 fully saturated rings. The molecule has 0 N–H and O–H groups in total. The van der Waals surface area contributed by atoms with Crippen LogP contribution in [0.3, 0.4) is 0 Å². The van der Waals surface area contributed by atoms with Gasteiger partial charge in [0.25, 0.3) is 0 Å². The van der Waals surface area contributed by atoms with E-state index in [1.165, 1.54) is 6.07 Å². The van der Waals surface area contributed by atoms with E-state index in [-0.39, 0.29) is 25.5 Å². The Labute approximate surface area is 313 Å². The first kappa shape index (κ1) is 35.7. The van der Waals surface area contributed by atoms with Crippen molar-refractivity contribution in [2.45, 2.75) is 83.4 Å². The number of nitrogens with zero attached hydrogens (tertiary/aromatic N) is 6. The van der Waals surface area contributed by atoms with E-state index in [0.717, 1.165) is 92.9 Å². The van der Waals surface area contributed by atoms with Crippen LogP contribution in [-0.4, -0.2) is 74.2 Å². The molecule has 0 saturated carbocycles. The first-order valence-electron chi connectivity index (χ1n) is 18.7. The van der Waals surface area contributed by atoms with Gasteiger partial charge in [0.05, 0.1) is 36.8 Å². The lowest BCUT2D eigenvalue weighted by Gasteiger charge is -2.32. The Morgan fingerprint density at radius 1 is 1.00 bits per heavy atom. The molecular weight excluding hydrogens is 699 g/mol. The van der Waals surface area contributed by atoms with Gasteiger partial charge < -0.3 is 23.5 Å². The molecule has 3 aliphatic heterocycles. The fourth-order valence-corrected chi connectivity index (χ4v) is 7.60. The van der Waals surface area contributed by atoms with E-state index in [1.54, 1.807) is 29.9 Å². The van der Waals surface area contributed by atoms with Crippen LogP contribution in [0.4, 0.5) is 4.39 Å². The Kier molecular flexibility index (Phi) is 10.7. The molecule has 3 aliphatic rings. The van der Waals surface area contributed by atoms with Crippen LogP contribution in [0.25, 0.3) is 22.3 Å². The van der Waals surface area contributed by atoms with Crippen LogP contribution in [0.1, 0.15) is 85.0 Å². The number of hydrogen-bond donors (Lipinski definition) is 0. The normalized spacial score (nSPS) is 19.7. The number of pyridine rings is 1. The topological polar surface area (TPSA) is 106 Å². The van der Waals surface area contributed by atoms with E-state index in [0.29, 0.717) is 46.8 Å². The number of imidazole rings is 1. The Morgan fingerprint density at radius 3 is 2.62 bits per heavy atom. The van der Waals surface area contributed by atoms with Crippen molar-refractivity contribution in [3.05, 3.63) is 94.3 Å². The van der Waals surface area contributed by atoms with Crippen molar-refractivity contribution < 1.29 is 28.1 Å². The predicted molar refractivity (Wildman–Crippen MR) is 197 cm³/mol. The molecule has 0 bridgehead atoms. The third-order valence-corrected chi connectivity index (χ3v) is 10.7. The molecule has 6 heterocycles. The molecule has 2 atom stereocenters. The predicted octanol–water partition coefficient (Wildman–Crippen LogP) is 7.71. The van der Waals surface area contributed by atoms with E-state index in [2.05, 4.69) is 15.5 Å². The molecule has 0 amide bonds. The van der Waals surface area contributed by atoms with Crippen molar-refractivity contribution in [2.75, 3.05) is 32.9 Å². The summed E-state index contributed by atoms with van der Waals surface area (Å²) in [6.07, 6.45) is 7.56. The van der Waals surface area contributed by atoms with Crippen molar-refractivity contribution in [1.29, 1.82) is 0 Å². The minimum absolute atomic E-state index is 0.0809. The van der Waals surface area contributed by atoms with Crippen LogP contribution < -0.4 is 4.74 Å². The molecule has 2 aromatic carbocycles. The van der Waals surface area contributed by atoms with Gasteiger partial charge in [-0.25, -0.2) is 23.8 Å². The number of piperidine rings is 1. The van der Waals surface area contributed by atoms with Crippen LogP contribution in [-0.2, 0) is 33.9 Å². The Hall–Kier alpha value is -4.36. The quantitative estimate of drug-likeness (QED) is 0.119. The number of rotatable bonds is 12. The van der Waals surface area contributed by atoms with E-state index in [4.69, 9.17) is 45.6 Å². The van der Waals surface area contributed by atoms with Gasteiger partial charge in [-0.15, -0.1) is 0 Å². The average Bonchev–Trinajstić information content (AvgIpc) is 3.75. The minimum atomic E-state index is -0.399. The van der Waals surface area contributed by atoms with Gasteiger partial charge >= 0.3 is 5.97 Å². The fourth-order valence-electron chi connectivity index (χ4n) is 7.44. The molecule has 3 aromatic heterocycles. The molecule has 5 aromatic rings. The average molecular weight is 743 g/mol.